The summed E-state index contributed by atoms with van der Waals surface area (Å²) in [7, 11) is 0. The first-order valence-electron chi connectivity index (χ1n) is 8.26. The van der Waals surface area contributed by atoms with Crippen LogP contribution in [0.3, 0.4) is 0 Å². The Hall–Kier alpha value is -2.11. The number of aromatic nitrogens is 1. The van der Waals surface area contributed by atoms with Crippen molar-refractivity contribution in [2.24, 2.45) is 5.92 Å². The number of carbonyl (C=O) groups excluding carboxylic acids is 1. The van der Waals surface area contributed by atoms with Crippen LogP contribution in [0.2, 0.25) is 0 Å². The zero-order chi connectivity index (χ0) is 16.5. The molecule has 1 aromatic carbocycles. The second-order valence-electron chi connectivity index (χ2n) is 6.48. The number of rotatable bonds is 5. The van der Waals surface area contributed by atoms with Crippen molar-refractivity contribution in [1.29, 1.82) is 0 Å². The van der Waals surface area contributed by atoms with Crippen molar-refractivity contribution in [1.82, 2.24) is 10.3 Å². The van der Waals surface area contributed by atoms with Gasteiger partial charge < -0.3 is 15.4 Å². The molecule has 0 radical (unpaired) electrons. The molecule has 3 N–H and O–H groups in total. The van der Waals surface area contributed by atoms with Crippen molar-refractivity contribution in [3.05, 3.63) is 58.4 Å². The highest BCUT2D eigenvalue weighted by atomic mass is 32.1. The molecule has 0 bridgehead atoms. The van der Waals surface area contributed by atoms with E-state index >= 15 is 0 Å². The Bertz CT molecular complexity index is 834. The number of thiophene rings is 1. The van der Waals surface area contributed by atoms with Crippen LogP contribution in [0.4, 0.5) is 0 Å². The Morgan fingerprint density at radius 2 is 2.12 bits per heavy atom. The largest absolute Gasteiger partial charge is 0.393 e. The molecule has 3 aromatic rings. The fourth-order valence-corrected chi connectivity index (χ4v) is 4.34. The summed E-state index contributed by atoms with van der Waals surface area (Å²) in [6.07, 6.45) is 3.58. The van der Waals surface area contributed by atoms with Gasteiger partial charge in [-0.1, -0.05) is 24.3 Å². The molecule has 0 aliphatic heterocycles. The van der Waals surface area contributed by atoms with Crippen LogP contribution >= 0.6 is 11.3 Å². The Labute approximate surface area is 144 Å². The first-order chi connectivity index (χ1) is 11.7. The summed E-state index contributed by atoms with van der Waals surface area (Å²) in [5.41, 5.74) is 2.07. The summed E-state index contributed by atoms with van der Waals surface area (Å²) in [4.78, 5) is 17.0. The van der Waals surface area contributed by atoms with Crippen LogP contribution in [0.5, 0.6) is 0 Å². The number of hydrogen-bond donors (Lipinski definition) is 3. The van der Waals surface area contributed by atoms with Crippen LogP contribution in [0.1, 0.15) is 29.3 Å². The van der Waals surface area contributed by atoms with Crippen LogP contribution in [0.25, 0.3) is 10.9 Å². The van der Waals surface area contributed by atoms with Crippen molar-refractivity contribution in [2.75, 3.05) is 0 Å². The number of hydrogen-bond acceptors (Lipinski definition) is 3. The average Bonchev–Trinajstić information content (AvgIpc) is 3.20. The lowest BCUT2D eigenvalue weighted by Gasteiger charge is -2.37. The van der Waals surface area contributed by atoms with Crippen molar-refractivity contribution < 1.29 is 9.90 Å². The average molecular weight is 340 g/mol. The molecule has 4 rings (SSSR count). The van der Waals surface area contributed by atoms with E-state index in [0.717, 1.165) is 29.3 Å². The number of nitrogens with one attached hydrogen (secondary N) is 2. The van der Waals surface area contributed by atoms with Crippen molar-refractivity contribution in [3.63, 3.8) is 0 Å². The number of fused-ring (bicyclic) bond motifs is 1. The highest BCUT2D eigenvalue weighted by Gasteiger charge is 2.36. The molecule has 1 aliphatic rings. The van der Waals surface area contributed by atoms with Gasteiger partial charge in [0.15, 0.2) is 0 Å². The zero-order valence-electron chi connectivity index (χ0n) is 13.2. The summed E-state index contributed by atoms with van der Waals surface area (Å²) in [5.74, 6) is 0.352. The fraction of sp³-hybridized carbons (Fsp3) is 0.316. The van der Waals surface area contributed by atoms with E-state index in [-0.39, 0.29) is 18.1 Å². The molecule has 5 heteroatoms. The van der Waals surface area contributed by atoms with E-state index in [0.29, 0.717) is 12.3 Å². The van der Waals surface area contributed by atoms with Crippen molar-refractivity contribution in [2.45, 2.75) is 31.4 Å². The summed E-state index contributed by atoms with van der Waals surface area (Å²) >= 11 is 1.66. The Morgan fingerprint density at radius 3 is 2.88 bits per heavy atom. The number of benzene rings is 1. The minimum Gasteiger partial charge on any atom is -0.393 e. The third kappa shape index (κ3) is 2.97. The molecular weight excluding hydrogens is 320 g/mol. The molecule has 2 heterocycles. The Balaban J connectivity index is 1.49. The van der Waals surface area contributed by atoms with Gasteiger partial charge >= 0.3 is 0 Å². The minimum absolute atomic E-state index is 0.00565. The maximum atomic E-state index is 12.6. The van der Waals surface area contributed by atoms with Crippen LogP contribution in [-0.2, 0) is 11.2 Å². The predicted octanol–water partition coefficient (Wildman–Crippen LogP) is 3.40. The van der Waals surface area contributed by atoms with Gasteiger partial charge in [0.1, 0.15) is 0 Å². The number of para-hydroxylation sites is 1. The standard InChI is InChI=1S/C19H20N2O2S/c22-14-8-12(9-14)19(17-6-3-7-24-17)21-18(23)10-13-11-20-16-5-2-1-4-15(13)16/h1-7,11-12,14,19-20,22H,8-10H2,(H,21,23)/t12?,14?,19-/m0/s1. The lowest BCUT2D eigenvalue weighted by Crippen LogP contribution is -2.41. The van der Waals surface area contributed by atoms with Crippen LogP contribution in [-0.4, -0.2) is 22.1 Å². The lowest BCUT2D eigenvalue weighted by molar-refractivity contribution is -0.122. The minimum atomic E-state index is -0.219. The van der Waals surface area contributed by atoms with Gasteiger partial charge in [-0.15, -0.1) is 11.3 Å². The molecule has 124 valence electrons. The number of carbonyl (C=O) groups is 1. The van der Waals surface area contributed by atoms with E-state index < -0.39 is 0 Å². The number of aromatic amines is 1. The molecule has 0 saturated heterocycles. The quantitative estimate of drug-likeness (QED) is 0.666. The van der Waals surface area contributed by atoms with Gasteiger partial charge in [-0.05, 0) is 41.8 Å². The molecule has 2 aromatic heterocycles. The fourth-order valence-electron chi connectivity index (χ4n) is 3.47. The Kier molecular flexibility index (Phi) is 4.12. The van der Waals surface area contributed by atoms with Crippen LogP contribution in [0, 0.1) is 5.92 Å². The van der Waals surface area contributed by atoms with E-state index in [4.69, 9.17) is 0 Å². The van der Waals surface area contributed by atoms with Gasteiger partial charge in [-0.25, -0.2) is 0 Å². The monoisotopic (exact) mass is 340 g/mol. The van der Waals surface area contributed by atoms with E-state index in [1.165, 1.54) is 4.88 Å². The predicted molar refractivity (Wildman–Crippen MR) is 95.9 cm³/mol. The van der Waals surface area contributed by atoms with Gasteiger partial charge in [0.25, 0.3) is 0 Å². The smallest absolute Gasteiger partial charge is 0.225 e. The molecule has 1 atom stereocenters. The molecule has 24 heavy (non-hydrogen) atoms. The molecule has 0 unspecified atom stereocenters. The summed E-state index contributed by atoms with van der Waals surface area (Å²) in [5, 5.41) is 15.9. The van der Waals surface area contributed by atoms with E-state index in [1.807, 2.05) is 41.9 Å². The number of aliphatic hydroxyl groups excluding tert-OH is 1. The molecule has 1 amide bonds. The normalized spacial score (nSPS) is 21.4. The SMILES string of the molecule is O=C(Cc1c[nH]c2ccccc12)N[C@H](c1cccs1)C1CC(O)C1. The van der Waals surface area contributed by atoms with Gasteiger partial charge in [0.2, 0.25) is 5.91 Å². The topological polar surface area (TPSA) is 65.1 Å². The Morgan fingerprint density at radius 1 is 1.29 bits per heavy atom. The van der Waals surface area contributed by atoms with Crippen LogP contribution < -0.4 is 5.32 Å². The molecule has 1 aliphatic carbocycles. The molecule has 1 saturated carbocycles. The lowest BCUT2D eigenvalue weighted by atomic mass is 9.76. The molecule has 1 fully saturated rings. The van der Waals surface area contributed by atoms with Gasteiger partial charge in [-0.2, -0.15) is 0 Å². The third-order valence-electron chi connectivity index (χ3n) is 4.81. The second-order valence-corrected chi connectivity index (χ2v) is 7.46. The summed E-state index contributed by atoms with van der Waals surface area (Å²) in [6.45, 7) is 0. The summed E-state index contributed by atoms with van der Waals surface area (Å²) < 4.78 is 0. The van der Waals surface area contributed by atoms with Gasteiger partial charge in [0, 0.05) is 22.0 Å². The highest BCUT2D eigenvalue weighted by Crippen LogP contribution is 2.39. The van der Waals surface area contributed by atoms with Crippen molar-refractivity contribution in [3.8, 4) is 0 Å². The molecular formula is C19H20N2O2S. The third-order valence-corrected chi connectivity index (χ3v) is 5.77. The maximum Gasteiger partial charge on any atom is 0.225 e. The zero-order valence-corrected chi connectivity index (χ0v) is 14.1. The molecule has 0 spiro atoms. The van der Waals surface area contributed by atoms with E-state index in [2.05, 4.69) is 16.4 Å². The van der Waals surface area contributed by atoms with Gasteiger partial charge in [0.05, 0.1) is 18.6 Å². The van der Waals surface area contributed by atoms with E-state index in [9.17, 15) is 9.90 Å². The van der Waals surface area contributed by atoms with E-state index in [1.54, 1.807) is 11.3 Å². The molecule has 4 nitrogen and oxygen atoms in total. The second kappa shape index (κ2) is 6.42. The number of H-pyrrole nitrogens is 1. The first-order valence-corrected chi connectivity index (χ1v) is 9.14. The highest BCUT2D eigenvalue weighted by molar-refractivity contribution is 7.10. The van der Waals surface area contributed by atoms with Gasteiger partial charge in [-0.3, -0.25) is 4.79 Å². The maximum absolute atomic E-state index is 12.6. The number of aliphatic hydroxyl groups is 1. The van der Waals surface area contributed by atoms with Crippen LogP contribution in [0.15, 0.2) is 48.0 Å². The first kappa shape index (κ1) is 15.4. The number of amides is 1. The summed E-state index contributed by atoms with van der Waals surface area (Å²) in [6, 6.07) is 12.1. The van der Waals surface area contributed by atoms with Crippen molar-refractivity contribution >= 4 is 28.1 Å².